The molecule has 0 radical (unpaired) electrons. The molecule has 0 saturated heterocycles. The van der Waals surface area contributed by atoms with E-state index in [9.17, 15) is 13.2 Å². The summed E-state index contributed by atoms with van der Waals surface area (Å²) in [5.41, 5.74) is 0.543. The summed E-state index contributed by atoms with van der Waals surface area (Å²) >= 11 is 0. The minimum Gasteiger partial charge on any atom is -0.342 e. The molecule has 1 aliphatic carbocycles. The molecule has 0 atom stereocenters. The minimum atomic E-state index is -4.32. The third-order valence-corrected chi connectivity index (χ3v) is 3.84. The smallest absolute Gasteiger partial charge is 0.342 e. The van der Waals surface area contributed by atoms with Crippen molar-refractivity contribution in [3.8, 4) is 11.3 Å². The van der Waals surface area contributed by atoms with Crippen molar-refractivity contribution in [1.29, 1.82) is 0 Å². The van der Waals surface area contributed by atoms with Gasteiger partial charge in [0.05, 0.1) is 17.5 Å². The summed E-state index contributed by atoms with van der Waals surface area (Å²) in [5.74, 6) is 1.32. The summed E-state index contributed by atoms with van der Waals surface area (Å²) in [6.45, 7) is 0. The summed E-state index contributed by atoms with van der Waals surface area (Å²) < 4.78 is 38.1. The van der Waals surface area contributed by atoms with Gasteiger partial charge in [0.15, 0.2) is 0 Å². The fourth-order valence-electron chi connectivity index (χ4n) is 2.75. The van der Waals surface area contributed by atoms with Crippen molar-refractivity contribution < 1.29 is 13.2 Å². The largest absolute Gasteiger partial charge is 0.416 e. The van der Waals surface area contributed by atoms with Crippen molar-refractivity contribution in [1.82, 2.24) is 9.97 Å². The first-order valence-electron chi connectivity index (χ1n) is 6.76. The molecule has 1 heterocycles. The van der Waals surface area contributed by atoms with E-state index in [1.54, 1.807) is 12.3 Å². The van der Waals surface area contributed by atoms with Gasteiger partial charge in [0.1, 0.15) is 5.82 Å². The molecule has 20 heavy (non-hydrogen) atoms. The van der Waals surface area contributed by atoms with Gasteiger partial charge in [-0.25, -0.2) is 4.98 Å². The lowest BCUT2D eigenvalue weighted by Crippen LogP contribution is -2.04. The number of benzene rings is 1. The average molecular weight is 280 g/mol. The van der Waals surface area contributed by atoms with Crippen LogP contribution in [0.2, 0.25) is 0 Å². The number of nitrogens with zero attached hydrogens (tertiary/aromatic N) is 1. The number of H-pyrrole nitrogens is 1. The van der Waals surface area contributed by atoms with Crippen LogP contribution < -0.4 is 0 Å². The number of hydrogen-bond acceptors (Lipinski definition) is 1. The van der Waals surface area contributed by atoms with Crippen molar-refractivity contribution in [3.05, 3.63) is 41.9 Å². The topological polar surface area (TPSA) is 28.7 Å². The zero-order valence-electron chi connectivity index (χ0n) is 10.9. The lowest BCUT2D eigenvalue weighted by atomic mass is 10.1. The minimum absolute atomic E-state index is 0.426. The highest BCUT2D eigenvalue weighted by Crippen LogP contribution is 2.34. The summed E-state index contributed by atoms with van der Waals surface area (Å²) in [5, 5.41) is 0. The number of rotatable bonds is 2. The van der Waals surface area contributed by atoms with Crippen LogP contribution >= 0.6 is 0 Å². The first-order chi connectivity index (χ1) is 9.54. The van der Waals surface area contributed by atoms with E-state index in [4.69, 9.17) is 0 Å². The molecule has 0 bridgehead atoms. The normalized spacial score (nSPS) is 16.8. The van der Waals surface area contributed by atoms with Gasteiger partial charge in [0.2, 0.25) is 0 Å². The van der Waals surface area contributed by atoms with Crippen LogP contribution in [0.25, 0.3) is 11.3 Å². The summed E-state index contributed by atoms with van der Waals surface area (Å²) in [6.07, 6.45) is 1.92. The Kier molecular flexibility index (Phi) is 3.28. The summed E-state index contributed by atoms with van der Waals surface area (Å²) in [7, 11) is 0. The Morgan fingerprint density at radius 2 is 1.90 bits per heavy atom. The Morgan fingerprint density at radius 1 is 1.15 bits per heavy atom. The van der Waals surface area contributed by atoms with Crippen LogP contribution in [-0.2, 0) is 6.18 Å². The molecular weight excluding hydrogens is 265 g/mol. The summed E-state index contributed by atoms with van der Waals surface area (Å²) in [4.78, 5) is 7.50. The van der Waals surface area contributed by atoms with Gasteiger partial charge in [-0.05, 0) is 25.0 Å². The van der Waals surface area contributed by atoms with Gasteiger partial charge in [-0.1, -0.05) is 25.0 Å². The van der Waals surface area contributed by atoms with Crippen LogP contribution in [0, 0.1) is 0 Å². The van der Waals surface area contributed by atoms with E-state index >= 15 is 0 Å². The predicted molar refractivity (Wildman–Crippen MR) is 70.2 cm³/mol. The van der Waals surface area contributed by atoms with E-state index in [2.05, 4.69) is 9.97 Å². The SMILES string of the molecule is FC(F)(F)c1cccc(-c2cnc(C3CCCC3)[nH]2)c1. The highest BCUT2D eigenvalue weighted by Gasteiger charge is 2.30. The van der Waals surface area contributed by atoms with Gasteiger partial charge in [0.25, 0.3) is 0 Å². The maximum absolute atomic E-state index is 12.7. The number of aromatic amines is 1. The number of aromatic nitrogens is 2. The first kappa shape index (κ1) is 13.2. The van der Waals surface area contributed by atoms with Crippen molar-refractivity contribution in [2.45, 2.75) is 37.8 Å². The van der Waals surface area contributed by atoms with E-state index in [-0.39, 0.29) is 0 Å². The van der Waals surface area contributed by atoms with Gasteiger partial charge >= 0.3 is 6.18 Å². The molecular formula is C15H15F3N2. The molecule has 1 N–H and O–H groups in total. The molecule has 0 unspecified atom stereocenters. The highest BCUT2D eigenvalue weighted by atomic mass is 19.4. The molecule has 1 fully saturated rings. The van der Waals surface area contributed by atoms with E-state index in [0.29, 0.717) is 17.2 Å². The zero-order chi connectivity index (χ0) is 14.2. The fraction of sp³-hybridized carbons (Fsp3) is 0.400. The second-order valence-electron chi connectivity index (χ2n) is 5.24. The molecule has 3 rings (SSSR count). The Labute approximate surface area is 115 Å². The van der Waals surface area contributed by atoms with Crippen LogP contribution in [0.3, 0.4) is 0 Å². The van der Waals surface area contributed by atoms with Crippen molar-refractivity contribution in [3.63, 3.8) is 0 Å². The fourth-order valence-corrected chi connectivity index (χ4v) is 2.75. The number of hydrogen-bond donors (Lipinski definition) is 1. The van der Waals surface area contributed by atoms with Crippen molar-refractivity contribution in [2.75, 3.05) is 0 Å². The van der Waals surface area contributed by atoms with Crippen LogP contribution in [0.5, 0.6) is 0 Å². The number of alkyl halides is 3. The molecule has 5 heteroatoms. The molecule has 1 aromatic heterocycles. The van der Waals surface area contributed by atoms with Gasteiger partial charge in [0, 0.05) is 11.5 Å². The maximum atomic E-state index is 12.7. The zero-order valence-corrected chi connectivity index (χ0v) is 10.9. The van der Waals surface area contributed by atoms with E-state index in [1.165, 1.54) is 18.9 Å². The Balaban J connectivity index is 1.89. The Morgan fingerprint density at radius 3 is 2.60 bits per heavy atom. The van der Waals surface area contributed by atoms with Crippen molar-refractivity contribution in [2.24, 2.45) is 0 Å². The quantitative estimate of drug-likeness (QED) is 0.844. The Bertz CT molecular complexity index is 595. The molecule has 2 nitrogen and oxygen atoms in total. The average Bonchev–Trinajstić information content (AvgIpc) is 3.09. The standard InChI is InChI=1S/C15H15F3N2/c16-15(17,18)12-7-3-6-11(8-12)13-9-19-14(20-13)10-4-1-2-5-10/h3,6-10H,1-2,4-5H2,(H,19,20). The van der Waals surface area contributed by atoms with Crippen LogP contribution in [0.4, 0.5) is 13.2 Å². The second-order valence-corrected chi connectivity index (χ2v) is 5.24. The predicted octanol–water partition coefficient (Wildman–Crippen LogP) is 4.75. The van der Waals surface area contributed by atoms with E-state index < -0.39 is 11.7 Å². The molecule has 0 spiro atoms. The third kappa shape index (κ3) is 2.57. The highest BCUT2D eigenvalue weighted by molar-refractivity contribution is 5.59. The van der Waals surface area contributed by atoms with Gasteiger partial charge in [-0.2, -0.15) is 13.2 Å². The lowest BCUT2D eigenvalue weighted by Gasteiger charge is -2.08. The first-order valence-corrected chi connectivity index (χ1v) is 6.76. The molecule has 0 amide bonds. The molecule has 1 aromatic carbocycles. The van der Waals surface area contributed by atoms with Crippen molar-refractivity contribution >= 4 is 0 Å². The number of nitrogens with one attached hydrogen (secondary N) is 1. The molecule has 106 valence electrons. The number of imidazole rings is 1. The lowest BCUT2D eigenvalue weighted by molar-refractivity contribution is -0.137. The number of halogens is 3. The summed E-state index contributed by atoms with van der Waals surface area (Å²) in [6, 6.07) is 5.33. The maximum Gasteiger partial charge on any atom is 0.416 e. The van der Waals surface area contributed by atoms with Crippen LogP contribution in [0.1, 0.15) is 43.0 Å². The Hall–Kier alpha value is -1.78. The molecule has 1 saturated carbocycles. The van der Waals surface area contributed by atoms with Crippen LogP contribution in [-0.4, -0.2) is 9.97 Å². The molecule has 2 aromatic rings. The van der Waals surface area contributed by atoms with E-state index in [0.717, 1.165) is 30.8 Å². The van der Waals surface area contributed by atoms with Gasteiger partial charge < -0.3 is 4.98 Å². The molecule has 1 aliphatic rings. The molecule has 0 aliphatic heterocycles. The second kappa shape index (κ2) is 4.96. The van der Waals surface area contributed by atoms with Gasteiger partial charge in [-0.3, -0.25) is 0 Å². The van der Waals surface area contributed by atoms with Crippen LogP contribution in [0.15, 0.2) is 30.5 Å². The monoisotopic (exact) mass is 280 g/mol. The third-order valence-electron chi connectivity index (χ3n) is 3.84. The van der Waals surface area contributed by atoms with E-state index in [1.807, 2.05) is 0 Å². The van der Waals surface area contributed by atoms with Gasteiger partial charge in [-0.15, -0.1) is 0 Å².